The number of aromatic nitrogens is 1. The summed E-state index contributed by atoms with van der Waals surface area (Å²) in [5.74, 6) is 1.50. The van der Waals surface area contributed by atoms with Gasteiger partial charge in [0.15, 0.2) is 0 Å². The van der Waals surface area contributed by atoms with E-state index in [1.54, 1.807) is 6.92 Å². The number of nitrogens with zero attached hydrogens (tertiary/aromatic N) is 3. The van der Waals surface area contributed by atoms with E-state index in [4.69, 9.17) is 33.2 Å². The van der Waals surface area contributed by atoms with Crippen LogP contribution in [0, 0.1) is 11.8 Å². The summed E-state index contributed by atoms with van der Waals surface area (Å²) in [7, 11) is -0.374. The van der Waals surface area contributed by atoms with Crippen molar-refractivity contribution in [3.05, 3.63) is 52.9 Å². The van der Waals surface area contributed by atoms with Gasteiger partial charge in [-0.2, -0.15) is 0 Å². The summed E-state index contributed by atoms with van der Waals surface area (Å²) >= 11 is 3.76. The minimum absolute atomic E-state index is 0.0413. The number of carbonyl (C=O) groups excluding carboxylic acids is 4. The Morgan fingerprint density at radius 2 is 1.79 bits per heavy atom. The molecule has 370 valence electrons. The van der Waals surface area contributed by atoms with Crippen molar-refractivity contribution in [2.45, 2.75) is 166 Å². The largest absolute Gasteiger partial charge is 0.490 e. The average Bonchev–Trinajstić information content (AvgIpc) is 4.15. The van der Waals surface area contributed by atoms with Gasteiger partial charge in [-0.3, -0.25) is 14.5 Å². The number of nitrogens with one attached hydrogen (secondary N) is 2. The first-order chi connectivity index (χ1) is 32.7. The van der Waals surface area contributed by atoms with Crippen LogP contribution in [0.3, 0.4) is 0 Å². The molecule has 0 radical (unpaired) electrons. The molecular formula is C51H71BBrN5O10. The second kappa shape index (κ2) is 21.8. The van der Waals surface area contributed by atoms with Gasteiger partial charge in [0.25, 0.3) is 0 Å². The molecule has 6 aliphatic rings. The number of piperidine rings is 1. The number of alkyl carbamates (subject to hydrolysis) is 1. The molecule has 1 aromatic carbocycles. The molecule has 0 bridgehead atoms. The van der Waals surface area contributed by atoms with Gasteiger partial charge in [0.05, 0.1) is 29.9 Å². The fourth-order valence-electron chi connectivity index (χ4n) is 10.0. The zero-order valence-electron chi connectivity index (χ0n) is 40.6. The Kier molecular flexibility index (Phi) is 16.1. The summed E-state index contributed by atoms with van der Waals surface area (Å²) in [5.41, 5.74) is -1.31. The lowest BCUT2D eigenvalue weighted by Crippen LogP contribution is -2.56. The predicted octanol–water partition coefficient (Wildman–Crippen LogP) is 8.01. The number of fused-ring (bicyclic) bond motifs is 3. The van der Waals surface area contributed by atoms with Gasteiger partial charge in [-0.15, -0.1) is 0 Å². The number of para-hydroxylation sites is 1. The number of benzene rings is 1. The van der Waals surface area contributed by atoms with Crippen LogP contribution in [0.15, 0.2) is 52.9 Å². The molecule has 2 N–H and O–H groups in total. The van der Waals surface area contributed by atoms with Crippen molar-refractivity contribution in [1.29, 1.82) is 0 Å². The first kappa shape index (κ1) is 50.2. The lowest BCUT2D eigenvalue weighted by Gasteiger charge is -2.32. The first-order valence-corrected chi connectivity index (χ1v) is 26.0. The minimum atomic E-state index is -1.23. The van der Waals surface area contributed by atoms with Crippen molar-refractivity contribution < 1.29 is 47.4 Å². The Bertz CT molecular complexity index is 2190. The standard InChI is InChI=1S/C51H71BBrN5O10/c1-6-63-47(61)51-32-35(51)21-13-8-7-9-14-24-39(55-48(62)66-41-30-34(41)20-12-10-17-25-52-67-49(2,3)50(4,5)68-52)46(60)58-33-36(31-40(58)44(59)56-51)65-45-42(53)43(37-22-15-16-23-38(37)54-45)64-29-28-57-26-18-11-19-27-57/h13,15-17,21-23,25,34-36,39-41H,6-12,14,18-20,24,26-33H2,1-5H3,(H,55,62)(H,56,59)/b21-13-,25-17+/t34-,35-,36-,39+,40+,41-,51-/m1/s1. The number of rotatable bonds is 15. The van der Waals surface area contributed by atoms with Crippen LogP contribution in [0.2, 0.25) is 0 Å². The van der Waals surface area contributed by atoms with Gasteiger partial charge in [0, 0.05) is 24.3 Å². The number of allylic oxidation sites excluding steroid dienone is 2. The van der Waals surface area contributed by atoms with Gasteiger partial charge in [0.1, 0.15) is 46.7 Å². The van der Waals surface area contributed by atoms with Crippen molar-refractivity contribution in [3.63, 3.8) is 0 Å². The van der Waals surface area contributed by atoms with Gasteiger partial charge in [0.2, 0.25) is 17.7 Å². The smallest absolute Gasteiger partial charge is 0.486 e. The molecule has 15 nitrogen and oxygen atoms in total. The highest BCUT2D eigenvalue weighted by molar-refractivity contribution is 9.10. The predicted molar refractivity (Wildman–Crippen MR) is 262 cm³/mol. The maximum absolute atomic E-state index is 14.9. The minimum Gasteiger partial charge on any atom is -0.490 e. The molecule has 3 saturated heterocycles. The molecule has 7 atom stereocenters. The molecular weight excluding hydrogens is 933 g/mol. The number of ether oxygens (including phenoxy) is 4. The van der Waals surface area contributed by atoms with Gasteiger partial charge >= 0.3 is 19.2 Å². The van der Waals surface area contributed by atoms with Crippen LogP contribution in [0.1, 0.15) is 125 Å². The lowest BCUT2D eigenvalue weighted by atomic mass is 9.89. The molecule has 8 rings (SSSR count). The normalized spacial score (nSPS) is 29.9. The molecule has 5 heterocycles. The molecule has 5 fully saturated rings. The number of halogens is 1. The van der Waals surface area contributed by atoms with Crippen LogP contribution in [-0.4, -0.2) is 126 Å². The van der Waals surface area contributed by atoms with E-state index in [2.05, 4.69) is 43.6 Å². The van der Waals surface area contributed by atoms with Crippen molar-refractivity contribution in [2.24, 2.45) is 11.8 Å². The zero-order valence-corrected chi connectivity index (χ0v) is 42.2. The van der Waals surface area contributed by atoms with Crippen molar-refractivity contribution >= 4 is 57.8 Å². The van der Waals surface area contributed by atoms with E-state index < -0.39 is 47.6 Å². The van der Waals surface area contributed by atoms with Crippen LogP contribution in [0.5, 0.6) is 11.6 Å². The summed E-state index contributed by atoms with van der Waals surface area (Å²) in [4.78, 5) is 65.3. The van der Waals surface area contributed by atoms with E-state index in [1.165, 1.54) is 24.2 Å². The fraction of sp³-hybridized carbons (Fsp3) is 0.667. The molecule has 2 aromatic rings. The van der Waals surface area contributed by atoms with E-state index in [9.17, 15) is 19.2 Å². The molecule has 3 amide bonds. The molecule has 1 aromatic heterocycles. The number of hydrogen-bond acceptors (Lipinski definition) is 12. The summed E-state index contributed by atoms with van der Waals surface area (Å²) in [6, 6.07) is 5.75. The number of unbranched alkanes of at least 4 members (excludes halogenated alkanes) is 1. The molecule has 17 heteroatoms. The Hall–Kier alpha value is -4.19. The number of pyridine rings is 1. The Morgan fingerprint density at radius 1 is 1.03 bits per heavy atom. The third kappa shape index (κ3) is 11.9. The summed E-state index contributed by atoms with van der Waals surface area (Å²) in [6.07, 6.45) is 15.7. The Labute approximate surface area is 410 Å². The number of hydrogen-bond donors (Lipinski definition) is 2. The SMILES string of the molecule is CCOC(=O)[C@@]12C[C@H]1/C=C\CCCCC[C@H](NC(=O)O[C@@H]1C[C@H]1CCC/C=C/B1OC(C)(C)C(C)(C)O1)C(=O)N1C[C@H](Oc3nc4ccccc4c(OCCN4CCCCC4)c3Br)C[C@H]1C(=O)N2. The van der Waals surface area contributed by atoms with Gasteiger partial charge in [-0.1, -0.05) is 55.6 Å². The van der Waals surface area contributed by atoms with Crippen molar-refractivity contribution in [1.82, 2.24) is 25.4 Å². The van der Waals surface area contributed by atoms with Crippen LogP contribution in [0.25, 0.3) is 10.9 Å². The highest BCUT2D eigenvalue weighted by Crippen LogP contribution is 2.47. The molecule has 68 heavy (non-hydrogen) atoms. The van der Waals surface area contributed by atoms with Crippen LogP contribution in [-0.2, 0) is 33.2 Å². The summed E-state index contributed by atoms with van der Waals surface area (Å²) < 4.78 is 37.2. The van der Waals surface area contributed by atoms with E-state index in [1.807, 2.05) is 64.0 Å². The number of likely N-dealkylation sites (tertiary alicyclic amines) is 1. The third-order valence-corrected chi connectivity index (χ3v) is 15.6. The highest BCUT2D eigenvalue weighted by atomic mass is 79.9. The molecule has 4 aliphatic heterocycles. The first-order valence-electron chi connectivity index (χ1n) is 25.2. The third-order valence-electron chi connectivity index (χ3n) is 14.9. The number of esters is 1. The number of carbonyl (C=O) groups is 4. The molecule has 2 aliphatic carbocycles. The van der Waals surface area contributed by atoms with E-state index >= 15 is 0 Å². The van der Waals surface area contributed by atoms with Gasteiger partial charge in [-0.05, 0) is 146 Å². The lowest BCUT2D eigenvalue weighted by molar-refractivity contribution is -0.150. The van der Waals surface area contributed by atoms with E-state index in [0.717, 1.165) is 70.0 Å². The highest BCUT2D eigenvalue weighted by Gasteiger charge is 2.62. The quantitative estimate of drug-likeness (QED) is 0.0765. The monoisotopic (exact) mass is 1000 g/mol. The maximum Gasteiger partial charge on any atom is 0.486 e. The van der Waals surface area contributed by atoms with Crippen LogP contribution < -0.4 is 20.1 Å². The molecule has 0 spiro atoms. The van der Waals surface area contributed by atoms with Gasteiger partial charge < -0.3 is 43.8 Å². The fourth-order valence-corrected chi connectivity index (χ4v) is 10.5. The zero-order chi connectivity index (χ0) is 48.1. The summed E-state index contributed by atoms with van der Waals surface area (Å²) in [5, 5.41) is 6.79. The number of amides is 3. The van der Waals surface area contributed by atoms with Crippen molar-refractivity contribution in [2.75, 3.05) is 39.4 Å². The van der Waals surface area contributed by atoms with Crippen LogP contribution >= 0.6 is 15.9 Å². The van der Waals surface area contributed by atoms with Crippen LogP contribution in [0.4, 0.5) is 4.79 Å². The second-order valence-electron chi connectivity index (χ2n) is 20.5. The Morgan fingerprint density at radius 3 is 2.57 bits per heavy atom. The summed E-state index contributed by atoms with van der Waals surface area (Å²) in [6.45, 7) is 13.5. The second-order valence-corrected chi connectivity index (χ2v) is 21.3. The Balaban J connectivity index is 0.954. The van der Waals surface area contributed by atoms with Crippen molar-refractivity contribution in [3.8, 4) is 11.6 Å². The molecule has 0 unspecified atom stereocenters. The van der Waals surface area contributed by atoms with E-state index in [0.29, 0.717) is 41.6 Å². The topological polar surface area (TPSA) is 167 Å². The average molecular weight is 1000 g/mol. The molecule has 2 saturated carbocycles. The maximum atomic E-state index is 14.9. The van der Waals surface area contributed by atoms with E-state index in [-0.39, 0.29) is 61.7 Å². The van der Waals surface area contributed by atoms with Gasteiger partial charge in [-0.25, -0.2) is 14.6 Å².